The van der Waals surface area contributed by atoms with Crippen LogP contribution in [0, 0.1) is 5.92 Å². The zero-order chi connectivity index (χ0) is 13.4. The van der Waals surface area contributed by atoms with E-state index in [0.717, 1.165) is 10.6 Å². The maximum atomic E-state index is 10.9. The molecular formula is C13H17NO4. The second kappa shape index (κ2) is 7.45. The molecule has 0 bridgehead atoms. The zero-order valence-electron chi connectivity index (χ0n) is 10.3. The van der Waals surface area contributed by atoms with Crippen LogP contribution in [0.3, 0.4) is 0 Å². The lowest BCUT2D eigenvalue weighted by Gasteiger charge is -2.20. The summed E-state index contributed by atoms with van der Waals surface area (Å²) in [6, 6.07) is 9.37. The molecule has 5 nitrogen and oxygen atoms in total. The van der Waals surface area contributed by atoms with E-state index in [1.54, 1.807) is 6.92 Å². The summed E-state index contributed by atoms with van der Waals surface area (Å²) in [5, 5.41) is 9.94. The summed E-state index contributed by atoms with van der Waals surface area (Å²) in [4.78, 5) is 26.9. The van der Waals surface area contributed by atoms with Crippen LogP contribution in [0.15, 0.2) is 30.3 Å². The van der Waals surface area contributed by atoms with Crippen LogP contribution in [0.25, 0.3) is 0 Å². The predicted molar refractivity (Wildman–Crippen MR) is 65.4 cm³/mol. The van der Waals surface area contributed by atoms with Crippen molar-refractivity contribution in [3.05, 3.63) is 35.9 Å². The summed E-state index contributed by atoms with van der Waals surface area (Å²) in [7, 11) is 0. The van der Waals surface area contributed by atoms with Gasteiger partial charge in [-0.1, -0.05) is 37.3 Å². The molecule has 1 aromatic carbocycles. The van der Waals surface area contributed by atoms with Crippen LogP contribution in [-0.2, 0) is 21.0 Å². The van der Waals surface area contributed by atoms with Gasteiger partial charge in [0.15, 0.2) is 0 Å². The van der Waals surface area contributed by atoms with E-state index in [-0.39, 0.29) is 13.2 Å². The summed E-state index contributed by atoms with van der Waals surface area (Å²) in [6.45, 7) is 2.07. The van der Waals surface area contributed by atoms with Gasteiger partial charge in [-0.25, -0.2) is 5.06 Å². The predicted octanol–water partition coefficient (Wildman–Crippen LogP) is 1.69. The Morgan fingerprint density at radius 2 is 2.11 bits per heavy atom. The van der Waals surface area contributed by atoms with E-state index in [0.29, 0.717) is 12.8 Å². The number of aliphatic carboxylic acids is 1. The molecule has 0 heterocycles. The Kier molecular flexibility index (Phi) is 5.87. The van der Waals surface area contributed by atoms with E-state index in [2.05, 4.69) is 0 Å². The van der Waals surface area contributed by atoms with Gasteiger partial charge in [0.1, 0.15) is 6.61 Å². The van der Waals surface area contributed by atoms with Gasteiger partial charge in [-0.05, 0) is 12.0 Å². The molecule has 98 valence electrons. The lowest BCUT2D eigenvalue weighted by atomic mass is 10.1. The number of rotatable bonds is 8. The van der Waals surface area contributed by atoms with Gasteiger partial charge in [0.25, 0.3) is 0 Å². The molecule has 0 aliphatic heterocycles. The highest BCUT2D eigenvalue weighted by Crippen LogP contribution is 2.07. The lowest BCUT2D eigenvalue weighted by Crippen LogP contribution is -2.32. The molecule has 0 aliphatic rings. The molecule has 0 spiro atoms. The lowest BCUT2D eigenvalue weighted by molar-refractivity contribution is -0.184. The van der Waals surface area contributed by atoms with Gasteiger partial charge in [0.2, 0.25) is 6.41 Å². The van der Waals surface area contributed by atoms with Crippen molar-refractivity contribution in [2.75, 3.05) is 6.54 Å². The number of hydrogen-bond acceptors (Lipinski definition) is 3. The number of hydroxylamine groups is 2. The van der Waals surface area contributed by atoms with E-state index < -0.39 is 11.9 Å². The fourth-order valence-electron chi connectivity index (χ4n) is 1.46. The van der Waals surface area contributed by atoms with E-state index in [1.807, 2.05) is 30.3 Å². The molecule has 0 aromatic heterocycles. The molecular weight excluding hydrogens is 234 g/mol. The third-order valence-electron chi connectivity index (χ3n) is 2.60. The minimum Gasteiger partial charge on any atom is -0.481 e. The van der Waals surface area contributed by atoms with Crippen molar-refractivity contribution in [2.24, 2.45) is 5.92 Å². The molecule has 0 aliphatic carbocycles. The molecule has 5 heteroatoms. The molecule has 1 rings (SSSR count). The van der Waals surface area contributed by atoms with Gasteiger partial charge in [-0.3, -0.25) is 14.4 Å². The number of carbonyl (C=O) groups excluding carboxylic acids is 1. The van der Waals surface area contributed by atoms with Crippen LogP contribution in [-0.4, -0.2) is 29.1 Å². The van der Waals surface area contributed by atoms with Gasteiger partial charge >= 0.3 is 5.97 Å². The van der Waals surface area contributed by atoms with Crippen molar-refractivity contribution in [2.45, 2.75) is 20.0 Å². The molecule has 1 amide bonds. The van der Waals surface area contributed by atoms with Crippen molar-refractivity contribution < 1.29 is 19.5 Å². The summed E-state index contributed by atoms with van der Waals surface area (Å²) < 4.78 is 0. The van der Waals surface area contributed by atoms with Crippen LogP contribution in [0.2, 0.25) is 0 Å². The van der Waals surface area contributed by atoms with Gasteiger partial charge in [0.05, 0.1) is 12.5 Å². The van der Waals surface area contributed by atoms with Crippen molar-refractivity contribution >= 4 is 12.4 Å². The Balaban J connectivity index is 2.47. The van der Waals surface area contributed by atoms with Crippen LogP contribution in [0.1, 0.15) is 18.9 Å². The minimum atomic E-state index is -0.923. The van der Waals surface area contributed by atoms with Crippen LogP contribution in [0.5, 0.6) is 0 Å². The van der Waals surface area contributed by atoms with E-state index in [1.165, 1.54) is 0 Å². The van der Waals surface area contributed by atoms with Crippen LogP contribution >= 0.6 is 0 Å². The number of nitrogens with zero attached hydrogens (tertiary/aromatic N) is 1. The minimum absolute atomic E-state index is 0.0577. The standard InChI is InChI=1S/C13H17NO4/c1-2-12(13(16)17)8-14(10-15)18-9-11-6-4-3-5-7-11/h3-7,10,12H,2,8-9H2,1H3,(H,16,17)/t12-/m1/s1. The zero-order valence-corrected chi connectivity index (χ0v) is 10.3. The molecule has 0 saturated heterocycles. The topological polar surface area (TPSA) is 66.8 Å². The molecule has 0 saturated carbocycles. The van der Waals surface area contributed by atoms with Gasteiger partial charge in [0, 0.05) is 0 Å². The average molecular weight is 251 g/mol. The van der Waals surface area contributed by atoms with Gasteiger partial charge < -0.3 is 5.11 Å². The molecule has 0 unspecified atom stereocenters. The van der Waals surface area contributed by atoms with Gasteiger partial charge in [-0.2, -0.15) is 0 Å². The Morgan fingerprint density at radius 3 is 2.61 bits per heavy atom. The van der Waals surface area contributed by atoms with Gasteiger partial charge in [-0.15, -0.1) is 0 Å². The van der Waals surface area contributed by atoms with Crippen LogP contribution < -0.4 is 0 Å². The second-order valence-electron chi connectivity index (χ2n) is 3.91. The monoisotopic (exact) mass is 251 g/mol. The summed E-state index contributed by atoms with van der Waals surface area (Å²) >= 11 is 0. The maximum absolute atomic E-state index is 10.9. The SMILES string of the molecule is CC[C@H](CN(C=O)OCc1ccccc1)C(=O)O. The highest BCUT2D eigenvalue weighted by molar-refractivity contribution is 5.70. The summed E-state index contributed by atoms with van der Waals surface area (Å²) in [5.41, 5.74) is 0.924. The summed E-state index contributed by atoms with van der Waals surface area (Å²) in [6.07, 6.45) is 0.961. The normalized spacial score (nSPS) is 11.8. The number of benzene rings is 1. The Labute approximate surface area is 106 Å². The highest BCUT2D eigenvalue weighted by atomic mass is 16.7. The Morgan fingerprint density at radius 1 is 1.44 bits per heavy atom. The molecule has 18 heavy (non-hydrogen) atoms. The average Bonchev–Trinajstić information content (AvgIpc) is 2.40. The van der Waals surface area contributed by atoms with E-state index >= 15 is 0 Å². The highest BCUT2D eigenvalue weighted by Gasteiger charge is 2.19. The molecule has 0 fully saturated rings. The second-order valence-corrected chi connectivity index (χ2v) is 3.91. The first-order valence-electron chi connectivity index (χ1n) is 5.79. The van der Waals surface area contributed by atoms with Crippen LogP contribution in [0.4, 0.5) is 0 Å². The molecule has 0 radical (unpaired) electrons. The number of hydrogen-bond donors (Lipinski definition) is 1. The van der Waals surface area contributed by atoms with E-state index in [9.17, 15) is 9.59 Å². The first-order valence-corrected chi connectivity index (χ1v) is 5.79. The Hall–Kier alpha value is -1.88. The van der Waals surface area contributed by atoms with Crippen molar-refractivity contribution in [3.8, 4) is 0 Å². The summed E-state index contributed by atoms with van der Waals surface area (Å²) in [5.74, 6) is -1.53. The van der Waals surface area contributed by atoms with Crippen molar-refractivity contribution in [1.29, 1.82) is 0 Å². The maximum Gasteiger partial charge on any atom is 0.308 e. The first kappa shape index (κ1) is 14.2. The third-order valence-corrected chi connectivity index (χ3v) is 2.60. The third kappa shape index (κ3) is 4.55. The largest absolute Gasteiger partial charge is 0.481 e. The number of carbonyl (C=O) groups is 2. The smallest absolute Gasteiger partial charge is 0.308 e. The van der Waals surface area contributed by atoms with E-state index in [4.69, 9.17) is 9.94 Å². The molecule has 1 aromatic rings. The van der Waals surface area contributed by atoms with Crippen molar-refractivity contribution in [1.82, 2.24) is 5.06 Å². The number of amides is 1. The number of carboxylic acid groups (broad SMARTS) is 1. The quantitative estimate of drug-likeness (QED) is 0.564. The fraction of sp³-hybridized carbons (Fsp3) is 0.385. The first-order chi connectivity index (χ1) is 8.67. The molecule has 1 N–H and O–H groups in total. The fourth-order valence-corrected chi connectivity index (χ4v) is 1.46. The van der Waals surface area contributed by atoms with Crippen molar-refractivity contribution in [3.63, 3.8) is 0 Å². The number of carboxylic acids is 1. The molecule has 1 atom stereocenters. The Bertz CT molecular complexity index is 380.